The monoisotopic (exact) mass is 481 g/mol. The number of amides is 2. The molecule has 3 rings (SSSR count). The van der Waals surface area contributed by atoms with E-state index in [1.165, 1.54) is 43.5 Å². The van der Waals surface area contributed by atoms with Crippen LogP contribution in [-0.4, -0.2) is 39.9 Å². The van der Waals surface area contributed by atoms with Crippen LogP contribution in [0.15, 0.2) is 77.7 Å². The van der Waals surface area contributed by atoms with Crippen molar-refractivity contribution in [1.82, 2.24) is 5.32 Å². The van der Waals surface area contributed by atoms with Gasteiger partial charge in [-0.3, -0.25) is 19.1 Å². The average Bonchev–Trinajstić information content (AvgIpc) is 2.83. The summed E-state index contributed by atoms with van der Waals surface area (Å²) in [5.74, 6) is -1.67. The minimum Gasteiger partial charge on any atom is -0.468 e. The first-order valence-corrected chi connectivity index (χ1v) is 11.6. The van der Waals surface area contributed by atoms with Gasteiger partial charge in [0.15, 0.2) is 0 Å². The molecule has 0 heterocycles. The average molecular weight is 482 g/mol. The Morgan fingerprint density at radius 2 is 1.47 bits per heavy atom. The summed E-state index contributed by atoms with van der Waals surface area (Å²) in [6.45, 7) is 1.61. The highest BCUT2D eigenvalue weighted by Gasteiger charge is 2.17. The van der Waals surface area contributed by atoms with Crippen molar-refractivity contribution in [3.63, 3.8) is 0 Å². The van der Waals surface area contributed by atoms with Crippen molar-refractivity contribution in [2.75, 3.05) is 23.7 Å². The van der Waals surface area contributed by atoms with E-state index in [-0.39, 0.29) is 22.6 Å². The number of hydrogen-bond acceptors (Lipinski definition) is 6. The molecule has 0 bridgehead atoms. The molecular weight excluding hydrogens is 458 g/mol. The molecule has 0 aromatic heterocycles. The van der Waals surface area contributed by atoms with Crippen molar-refractivity contribution in [3.8, 4) is 0 Å². The molecule has 0 fully saturated rings. The number of sulfonamides is 1. The van der Waals surface area contributed by atoms with Crippen LogP contribution in [0.3, 0.4) is 0 Å². The maximum atomic E-state index is 12.8. The number of hydrogen-bond donors (Lipinski definition) is 3. The zero-order valence-corrected chi connectivity index (χ0v) is 19.3. The predicted octanol–water partition coefficient (Wildman–Crippen LogP) is 2.95. The number of anilines is 2. The topological polar surface area (TPSA) is 131 Å². The van der Waals surface area contributed by atoms with Gasteiger partial charge in [-0.05, 0) is 55.5 Å². The fraction of sp³-hybridized carbons (Fsp3) is 0.125. The molecule has 3 aromatic rings. The molecule has 34 heavy (non-hydrogen) atoms. The van der Waals surface area contributed by atoms with Crippen molar-refractivity contribution in [2.45, 2.75) is 11.8 Å². The number of carbonyl (C=O) groups is 3. The predicted molar refractivity (Wildman–Crippen MR) is 127 cm³/mol. The molecule has 0 spiro atoms. The van der Waals surface area contributed by atoms with Gasteiger partial charge in [-0.15, -0.1) is 0 Å². The Balaban J connectivity index is 1.72. The molecule has 9 nitrogen and oxygen atoms in total. The summed E-state index contributed by atoms with van der Waals surface area (Å²) in [5, 5.41) is 5.05. The number of nitrogens with one attached hydrogen (secondary N) is 3. The Morgan fingerprint density at radius 3 is 2.15 bits per heavy atom. The van der Waals surface area contributed by atoms with E-state index in [2.05, 4.69) is 20.1 Å². The Kier molecular flexibility index (Phi) is 7.64. The van der Waals surface area contributed by atoms with Crippen molar-refractivity contribution < 1.29 is 27.5 Å². The van der Waals surface area contributed by atoms with Crippen LogP contribution in [0.4, 0.5) is 11.4 Å². The quantitative estimate of drug-likeness (QED) is 0.424. The van der Waals surface area contributed by atoms with E-state index in [0.29, 0.717) is 11.4 Å². The van der Waals surface area contributed by atoms with Crippen LogP contribution < -0.4 is 15.4 Å². The van der Waals surface area contributed by atoms with Crippen LogP contribution in [-0.2, 0) is 19.6 Å². The number of aryl methyl sites for hydroxylation is 1. The maximum Gasteiger partial charge on any atom is 0.325 e. The van der Waals surface area contributed by atoms with Crippen LogP contribution in [0.1, 0.15) is 26.3 Å². The third-order valence-electron chi connectivity index (χ3n) is 4.71. The standard InChI is InChI=1S/C24H23N3O6S/c1-16-9-11-19(12-10-16)27-34(31,32)21-8-4-6-18(14-21)24(30)26-20-7-3-5-17(13-20)23(29)25-15-22(28)33-2/h3-14,27H,15H2,1-2H3,(H,25,29)(H,26,30). The highest BCUT2D eigenvalue weighted by atomic mass is 32.2. The minimum absolute atomic E-state index is 0.0725. The number of rotatable bonds is 8. The largest absolute Gasteiger partial charge is 0.468 e. The number of carbonyl (C=O) groups excluding carboxylic acids is 3. The van der Waals surface area contributed by atoms with Crippen molar-refractivity contribution in [3.05, 3.63) is 89.5 Å². The lowest BCUT2D eigenvalue weighted by Crippen LogP contribution is -2.30. The smallest absolute Gasteiger partial charge is 0.325 e. The lowest BCUT2D eigenvalue weighted by Gasteiger charge is -2.11. The second-order valence-corrected chi connectivity index (χ2v) is 8.98. The Labute approximate surface area is 197 Å². The first kappa shape index (κ1) is 24.5. The van der Waals surface area contributed by atoms with Gasteiger partial charge in [0.25, 0.3) is 21.8 Å². The molecule has 2 amide bonds. The summed E-state index contributed by atoms with van der Waals surface area (Å²) in [6.07, 6.45) is 0. The highest BCUT2D eigenvalue weighted by Crippen LogP contribution is 2.19. The summed E-state index contributed by atoms with van der Waals surface area (Å²) in [6, 6.07) is 18.6. The van der Waals surface area contributed by atoms with Crippen LogP contribution in [0.25, 0.3) is 0 Å². The van der Waals surface area contributed by atoms with Crippen LogP contribution in [0, 0.1) is 6.92 Å². The molecule has 0 saturated carbocycles. The molecule has 0 unspecified atom stereocenters. The lowest BCUT2D eigenvalue weighted by atomic mass is 10.1. The SMILES string of the molecule is COC(=O)CNC(=O)c1cccc(NC(=O)c2cccc(S(=O)(=O)Nc3ccc(C)cc3)c2)c1. The minimum atomic E-state index is -3.91. The number of methoxy groups -OCH3 is 1. The third-order valence-corrected chi connectivity index (χ3v) is 6.09. The van der Waals surface area contributed by atoms with Gasteiger partial charge in [-0.25, -0.2) is 8.42 Å². The van der Waals surface area contributed by atoms with Crippen LogP contribution in [0.2, 0.25) is 0 Å². The number of ether oxygens (including phenoxy) is 1. The van der Waals surface area contributed by atoms with Crippen molar-refractivity contribution in [2.24, 2.45) is 0 Å². The molecule has 0 aliphatic carbocycles. The summed E-state index contributed by atoms with van der Waals surface area (Å²) in [5.41, 5.74) is 2.06. The fourth-order valence-electron chi connectivity index (χ4n) is 2.91. The van der Waals surface area contributed by atoms with Crippen LogP contribution in [0.5, 0.6) is 0 Å². The van der Waals surface area contributed by atoms with Crippen LogP contribution >= 0.6 is 0 Å². The van der Waals surface area contributed by atoms with Gasteiger partial charge in [-0.2, -0.15) is 0 Å². The van der Waals surface area contributed by atoms with E-state index in [4.69, 9.17) is 0 Å². The summed E-state index contributed by atoms with van der Waals surface area (Å²) in [4.78, 5) is 36.0. The molecule has 0 radical (unpaired) electrons. The van der Waals surface area contributed by atoms with E-state index in [1.807, 2.05) is 6.92 Å². The molecule has 0 saturated heterocycles. The normalized spacial score (nSPS) is 10.8. The molecule has 0 aliphatic heterocycles. The van der Waals surface area contributed by atoms with Gasteiger partial charge in [0.2, 0.25) is 0 Å². The van der Waals surface area contributed by atoms with E-state index < -0.39 is 27.8 Å². The zero-order chi connectivity index (χ0) is 24.7. The van der Waals surface area contributed by atoms with Crippen molar-refractivity contribution >= 4 is 39.2 Å². The first-order valence-electron chi connectivity index (χ1n) is 10.1. The second kappa shape index (κ2) is 10.6. The third kappa shape index (κ3) is 6.42. The zero-order valence-electron chi connectivity index (χ0n) is 18.5. The molecular formula is C24H23N3O6S. The number of esters is 1. The highest BCUT2D eigenvalue weighted by molar-refractivity contribution is 7.92. The molecule has 3 aromatic carbocycles. The van der Waals surface area contributed by atoms with E-state index in [1.54, 1.807) is 36.4 Å². The van der Waals surface area contributed by atoms with E-state index in [0.717, 1.165) is 5.56 Å². The number of benzene rings is 3. The Morgan fingerprint density at radius 1 is 0.824 bits per heavy atom. The van der Waals surface area contributed by atoms with Gasteiger partial charge >= 0.3 is 5.97 Å². The van der Waals surface area contributed by atoms with Gasteiger partial charge in [0.05, 0.1) is 12.0 Å². The Hall–Kier alpha value is -4.18. The van der Waals surface area contributed by atoms with Gasteiger partial charge in [0, 0.05) is 22.5 Å². The summed E-state index contributed by atoms with van der Waals surface area (Å²) >= 11 is 0. The molecule has 0 atom stereocenters. The van der Waals surface area contributed by atoms with Gasteiger partial charge < -0.3 is 15.4 Å². The second-order valence-electron chi connectivity index (χ2n) is 7.29. The summed E-state index contributed by atoms with van der Waals surface area (Å²) in [7, 11) is -2.70. The maximum absolute atomic E-state index is 12.8. The van der Waals surface area contributed by atoms with E-state index in [9.17, 15) is 22.8 Å². The summed E-state index contributed by atoms with van der Waals surface area (Å²) < 4.78 is 32.5. The van der Waals surface area contributed by atoms with Crippen molar-refractivity contribution in [1.29, 1.82) is 0 Å². The molecule has 3 N–H and O–H groups in total. The molecule has 176 valence electrons. The fourth-order valence-corrected chi connectivity index (χ4v) is 4.01. The molecule has 0 aliphatic rings. The van der Waals surface area contributed by atoms with E-state index >= 15 is 0 Å². The van der Waals surface area contributed by atoms with Gasteiger partial charge in [0.1, 0.15) is 6.54 Å². The molecule has 10 heteroatoms. The first-order chi connectivity index (χ1) is 16.2. The van der Waals surface area contributed by atoms with Gasteiger partial charge in [-0.1, -0.05) is 29.8 Å². The lowest BCUT2D eigenvalue weighted by molar-refractivity contribution is -0.139. The Bertz CT molecular complexity index is 1320.